The summed E-state index contributed by atoms with van der Waals surface area (Å²) in [4.78, 5) is 22.4. The van der Waals surface area contributed by atoms with Crippen LogP contribution in [0.2, 0.25) is 0 Å². The van der Waals surface area contributed by atoms with E-state index in [9.17, 15) is 22.8 Å². The van der Waals surface area contributed by atoms with Gasteiger partial charge in [-0.25, -0.2) is 4.79 Å². The Balaban J connectivity index is 2.82. The Morgan fingerprint density at radius 1 is 1.50 bits per heavy atom. The van der Waals surface area contributed by atoms with Gasteiger partial charge < -0.3 is 15.3 Å². The zero-order valence-corrected chi connectivity index (χ0v) is 10.7. The summed E-state index contributed by atoms with van der Waals surface area (Å²) in [6.45, 7) is -1.14. The molecule has 2 N–H and O–H groups in total. The number of aliphatic carboxylic acids is 1. The molecule has 0 fully saturated rings. The first-order valence-corrected chi connectivity index (χ1v) is 5.43. The normalized spacial score (nSPS) is 11.2. The first-order chi connectivity index (χ1) is 9.08. The second-order valence-electron chi connectivity index (χ2n) is 4.10. The molecule has 0 atom stereocenters. The molecule has 0 spiro atoms. The Morgan fingerprint density at radius 2 is 2.10 bits per heavy atom. The minimum Gasteiger partial charge on any atom is -0.480 e. The summed E-state index contributed by atoms with van der Waals surface area (Å²) in [6.07, 6.45) is -3.28. The summed E-state index contributed by atoms with van der Waals surface area (Å²) < 4.78 is 38.3. The highest BCUT2D eigenvalue weighted by Crippen LogP contribution is 2.18. The Morgan fingerprint density at radius 3 is 2.50 bits per heavy atom. The molecule has 0 bridgehead atoms. The van der Waals surface area contributed by atoms with E-state index < -0.39 is 31.3 Å². The molecule has 0 aromatic carbocycles. The third kappa shape index (κ3) is 4.78. The number of nitrogens with one attached hydrogen (secondary N) is 1. The number of halogens is 3. The smallest absolute Gasteiger partial charge is 0.406 e. The van der Waals surface area contributed by atoms with Crippen molar-refractivity contribution in [2.24, 2.45) is 7.05 Å². The topological polar surface area (TPSA) is 87.5 Å². The van der Waals surface area contributed by atoms with E-state index in [1.165, 1.54) is 10.9 Å². The average Bonchev–Trinajstić information content (AvgIpc) is 2.53. The van der Waals surface area contributed by atoms with Crippen LogP contribution in [0.1, 0.15) is 5.69 Å². The fraction of sp³-hybridized carbons (Fsp3) is 0.500. The van der Waals surface area contributed by atoms with Crippen molar-refractivity contribution in [2.45, 2.75) is 13.1 Å². The van der Waals surface area contributed by atoms with E-state index in [4.69, 9.17) is 5.11 Å². The van der Waals surface area contributed by atoms with Crippen LogP contribution >= 0.6 is 0 Å². The lowest BCUT2D eigenvalue weighted by Gasteiger charge is -2.22. The Labute approximate surface area is 112 Å². The van der Waals surface area contributed by atoms with E-state index in [-0.39, 0.29) is 10.6 Å². The van der Waals surface area contributed by atoms with Gasteiger partial charge in [-0.1, -0.05) is 0 Å². The number of aryl methyl sites for hydroxylation is 2. The summed E-state index contributed by atoms with van der Waals surface area (Å²) in [5.74, 6) is -1.53. The molecule has 1 aromatic rings. The first kappa shape index (κ1) is 15.8. The highest BCUT2D eigenvalue weighted by atomic mass is 19.4. The molecule has 0 radical (unpaired) electrons. The Hall–Kier alpha value is -2.26. The van der Waals surface area contributed by atoms with Gasteiger partial charge in [-0.2, -0.15) is 18.3 Å². The molecule has 7 nitrogen and oxygen atoms in total. The van der Waals surface area contributed by atoms with Crippen LogP contribution < -0.4 is 5.32 Å². The van der Waals surface area contributed by atoms with Gasteiger partial charge in [0.25, 0.3) is 0 Å². The molecule has 1 rings (SSSR count). The SMILES string of the molecule is Cc1nn(C)cc1NC(=O)N(CC(=O)O)CC(F)(F)F. The summed E-state index contributed by atoms with van der Waals surface area (Å²) >= 11 is 0. The molecule has 0 unspecified atom stereocenters. The molecule has 112 valence electrons. The molecule has 0 aliphatic carbocycles. The van der Waals surface area contributed by atoms with Crippen LogP contribution in [-0.4, -0.2) is 51.1 Å². The quantitative estimate of drug-likeness (QED) is 0.873. The van der Waals surface area contributed by atoms with Gasteiger partial charge in [-0.3, -0.25) is 9.48 Å². The van der Waals surface area contributed by atoms with Crippen molar-refractivity contribution in [3.8, 4) is 0 Å². The molecule has 0 aliphatic heterocycles. The lowest BCUT2D eigenvalue weighted by Crippen LogP contribution is -2.44. The van der Waals surface area contributed by atoms with E-state index in [0.29, 0.717) is 5.69 Å². The number of rotatable bonds is 4. The van der Waals surface area contributed by atoms with Crippen LogP contribution in [0.3, 0.4) is 0 Å². The lowest BCUT2D eigenvalue weighted by molar-refractivity contribution is -0.148. The van der Waals surface area contributed by atoms with Crippen LogP contribution in [0.25, 0.3) is 0 Å². The number of amides is 2. The number of hydrogen-bond donors (Lipinski definition) is 2. The van der Waals surface area contributed by atoms with Crippen molar-refractivity contribution in [1.29, 1.82) is 0 Å². The van der Waals surface area contributed by atoms with Gasteiger partial charge >= 0.3 is 18.2 Å². The van der Waals surface area contributed by atoms with Crippen molar-refractivity contribution >= 4 is 17.7 Å². The molecular formula is C10H13F3N4O3. The molecule has 0 saturated heterocycles. The lowest BCUT2D eigenvalue weighted by atomic mass is 10.4. The number of hydrogen-bond acceptors (Lipinski definition) is 3. The van der Waals surface area contributed by atoms with Crippen LogP contribution in [0.5, 0.6) is 0 Å². The minimum absolute atomic E-state index is 0.161. The maximum atomic E-state index is 12.3. The average molecular weight is 294 g/mol. The van der Waals surface area contributed by atoms with Crippen molar-refractivity contribution in [1.82, 2.24) is 14.7 Å². The predicted molar refractivity (Wildman–Crippen MR) is 62.2 cm³/mol. The third-order valence-electron chi connectivity index (χ3n) is 2.24. The monoisotopic (exact) mass is 294 g/mol. The Bertz CT molecular complexity index is 512. The predicted octanol–water partition coefficient (Wildman–Crippen LogP) is 1.21. The van der Waals surface area contributed by atoms with E-state index in [2.05, 4.69) is 10.4 Å². The molecule has 20 heavy (non-hydrogen) atoms. The summed E-state index contributed by atoms with van der Waals surface area (Å²) in [5.41, 5.74) is 0.623. The summed E-state index contributed by atoms with van der Waals surface area (Å²) in [7, 11) is 1.58. The second-order valence-corrected chi connectivity index (χ2v) is 4.10. The third-order valence-corrected chi connectivity index (χ3v) is 2.24. The van der Waals surface area contributed by atoms with Gasteiger partial charge in [0.1, 0.15) is 13.1 Å². The summed E-state index contributed by atoms with van der Waals surface area (Å²) in [5, 5.41) is 14.7. The van der Waals surface area contributed by atoms with Crippen LogP contribution in [0, 0.1) is 6.92 Å². The molecule has 0 saturated carbocycles. The first-order valence-electron chi connectivity index (χ1n) is 5.43. The van der Waals surface area contributed by atoms with E-state index >= 15 is 0 Å². The van der Waals surface area contributed by atoms with Crippen LogP contribution in [-0.2, 0) is 11.8 Å². The maximum Gasteiger partial charge on any atom is 0.406 e. The fourth-order valence-electron chi connectivity index (χ4n) is 1.50. The summed E-state index contributed by atoms with van der Waals surface area (Å²) in [6, 6.07) is -1.15. The van der Waals surface area contributed by atoms with Gasteiger partial charge in [0.2, 0.25) is 0 Å². The number of anilines is 1. The molecule has 10 heteroatoms. The minimum atomic E-state index is -4.68. The molecule has 1 aromatic heterocycles. The van der Waals surface area contributed by atoms with Gasteiger partial charge in [0.05, 0.1) is 11.4 Å². The number of aromatic nitrogens is 2. The number of alkyl halides is 3. The number of carbonyl (C=O) groups is 2. The van der Waals surface area contributed by atoms with E-state index in [1.807, 2.05) is 0 Å². The Kier molecular flexibility index (Phi) is 4.58. The van der Waals surface area contributed by atoms with Crippen molar-refractivity contribution in [2.75, 3.05) is 18.4 Å². The zero-order valence-electron chi connectivity index (χ0n) is 10.7. The van der Waals surface area contributed by atoms with E-state index in [1.54, 1.807) is 14.0 Å². The molecule has 2 amide bonds. The number of nitrogens with zero attached hydrogens (tertiary/aromatic N) is 3. The zero-order chi connectivity index (χ0) is 15.5. The molecule has 0 aliphatic rings. The second kappa shape index (κ2) is 5.80. The highest BCUT2D eigenvalue weighted by molar-refractivity contribution is 5.91. The van der Waals surface area contributed by atoms with E-state index in [0.717, 1.165) is 0 Å². The van der Waals surface area contributed by atoms with Gasteiger partial charge in [0.15, 0.2) is 0 Å². The van der Waals surface area contributed by atoms with Gasteiger partial charge in [-0.05, 0) is 6.92 Å². The van der Waals surface area contributed by atoms with Crippen molar-refractivity contribution in [3.63, 3.8) is 0 Å². The number of carboxylic acids is 1. The fourth-order valence-corrected chi connectivity index (χ4v) is 1.50. The number of carbonyl (C=O) groups excluding carboxylic acids is 1. The largest absolute Gasteiger partial charge is 0.480 e. The standard InChI is InChI=1S/C10H13F3N4O3/c1-6-7(3-16(2)15-6)14-9(20)17(4-8(18)19)5-10(11,12)13/h3H,4-5H2,1-2H3,(H,14,20)(H,18,19). The van der Waals surface area contributed by atoms with Gasteiger partial charge in [0, 0.05) is 13.2 Å². The van der Waals surface area contributed by atoms with Gasteiger partial charge in [-0.15, -0.1) is 0 Å². The maximum absolute atomic E-state index is 12.3. The molecule has 1 heterocycles. The van der Waals surface area contributed by atoms with Crippen LogP contribution in [0.4, 0.5) is 23.7 Å². The number of urea groups is 1. The molecular weight excluding hydrogens is 281 g/mol. The highest BCUT2D eigenvalue weighted by Gasteiger charge is 2.34. The number of carboxylic acid groups (broad SMARTS) is 1. The van der Waals surface area contributed by atoms with Crippen LogP contribution in [0.15, 0.2) is 6.20 Å². The van der Waals surface area contributed by atoms with Crippen molar-refractivity contribution < 1.29 is 27.9 Å². The van der Waals surface area contributed by atoms with Crippen molar-refractivity contribution in [3.05, 3.63) is 11.9 Å².